The first-order valence-corrected chi connectivity index (χ1v) is 6.52. The number of hydrogen-bond donors (Lipinski definition) is 2. The van der Waals surface area contributed by atoms with Gasteiger partial charge in [0.15, 0.2) is 0 Å². The molecule has 0 spiro atoms. The van der Waals surface area contributed by atoms with Crippen LogP contribution in [0, 0.1) is 0 Å². The molecule has 102 valence electrons. The maximum Gasteiger partial charge on any atom is 0.134 e. The van der Waals surface area contributed by atoms with Gasteiger partial charge in [-0.05, 0) is 27.4 Å². The summed E-state index contributed by atoms with van der Waals surface area (Å²) in [6.07, 6.45) is 3.67. The summed E-state index contributed by atoms with van der Waals surface area (Å²) in [5.41, 5.74) is 1.17. The van der Waals surface area contributed by atoms with Crippen LogP contribution in [0.25, 0.3) is 0 Å². The molecule has 1 unspecified atom stereocenters. The van der Waals surface area contributed by atoms with Gasteiger partial charge in [0, 0.05) is 25.2 Å². The molecular formula is C13H25N5. The second-order valence-electron chi connectivity index (χ2n) is 4.74. The molecule has 0 amide bonds. The maximum absolute atomic E-state index is 4.36. The summed E-state index contributed by atoms with van der Waals surface area (Å²) >= 11 is 0. The van der Waals surface area contributed by atoms with E-state index in [2.05, 4.69) is 53.4 Å². The Morgan fingerprint density at radius 3 is 2.50 bits per heavy atom. The molecule has 0 aromatic carbocycles. The summed E-state index contributed by atoms with van der Waals surface area (Å²) in [5.74, 6) is 1.87. The lowest BCUT2D eigenvalue weighted by atomic mass is 10.1. The van der Waals surface area contributed by atoms with E-state index in [0.717, 1.165) is 31.0 Å². The fraction of sp³-hybridized carbons (Fsp3) is 0.692. The smallest absolute Gasteiger partial charge is 0.134 e. The average molecular weight is 251 g/mol. The lowest BCUT2D eigenvalue weighted by Gasteiger charge is -2.21. The van der Waals surface area contributed by atoms with Crippen LogP contribution >= 0.6 is 0 Å². The summed E-state index contributed by atoms with van der Waals surface area (Å²) in [6, 6.07) is 0.465. The van der Waals surface area contributed by atoms with Gasteiger partial charge in [-0.25, -0.2) is 9.97 Å². The van der Waals surface area contributed by atoms with E-state index >= 15 is 0 Å². The van der Waals surface area contributed by atoms with Crippen molar-refractivity contribution in [3.63, 3.8) is 0 Å². The van der Waals surface area contributed by atoms with E-state index in [1.165, 1.54) is 5.56 Å². The van der Waals surface area contributed by atoms with Gasteiger partial charge in [-0.1, -0.05) is 13.3 Å². The standard InChI is InChI=1S/C13H25N5/c1-6-7-11-12(14-3)16-9-17-13(11)15-8-10(2)18(4)5/h9-10H,6-8H2,1-5H3,(H2,14,15,16,17). The molecular weight excluding hydrogens is 226 g/mol. The van der Waals surface area contributed by atoms with Crippen molar-refractivity contribution in [3.05, 3.63) is 11.9 Å². The Morgan fingerprint density at radius 2 is 1.94 bits per heavy atom. The van der Waals surface area contributed by atoms with Crippen LogP contribution in [0.3, 0.4) is 0 Å². The molecule has 5 nitrogen and oxygen atoms in total. The minimum absolute atomic E-state index is 0.465. The zero-order valence-electron chi connectivity index (χ0n) is 12.1. The van der Waals surface area contributed by atoms with Gasteiger partial charge >= 0.3 is 0 Å². The molecule has 0 radical (unpaired) electrons. The highest BCUT2D eigenvalue weighted by Crippen LogP contribution is 2.21. The third-order valence-corrected chi connectivity index (χ3v) is 3.13. The fourth-order valence-corrected chi connectivity index (χ4v) is 1.69. The van der Waals surface area contributed by atoms with Crippen LogP contribution in [-0.2, 0) is 6.42 Å². The first-order valence-electron chi connectivity index (χ1n) is 6.52. The molecule has 1 heterocycles. The Balaban J connectivity index is 2.80. The Bertz CT molecular complexity index is 364. The summed E-state index contributed by atoms with van der Waals surface area (Å²) in [6.45, 7) is 5.23. The summed E-state index contributed by atoms with van der Waals surface area (Å²) in [7, 11) is 6.06. The minimum Gasteiger partial charge on any atom is -0.373 e. The van der Waals surface area contributed by atoms with Crippen LogP contribution in [0.4, 0.5) is 11.6 Å². The van der Waals surface area contributed by atoms with Crippen LogP contribution in [0.15, 0.2) is 6.33 Å². The number of anilines is 2. The molecule has 0 saturated carbocycles. The van der Waals surface area contributed by atoms with Crippen LogP contribution in [0.2, 0.25) is 0 Å². The molecule has 0 saturated heterocycles. The van der Waals surface area contributed by atoms with Gasteiger partial charge in [0.2, 0.25) is 0 Å². The number of aromatic nitrogens is 2. The van der Waals surface area contributed by atoms with Gasteiger partial charge in [0.05, 0.1) is 0 Å². The Morgan fingerprint density at radius 1 is 1.28 bits per heavy atom. The molecule has 18 heavy (non-hydrogen) atoms. The SMILES string of the molecule is CCCc1c(NC)ncnc1NCC(C)N(C)C. The highest BCUT2D eigenvalue weighted by Gasteiger charge is 2.11. The monoisotopic (exact) mass is 251 g/mol. The largest absolute Gasteiger partial charge is 0.373 e. The van der Waals surface area contributed by atoms with Crippen LogP contribution < -0.4 is 10.6 Å². The summed E-state index contributed by atoms with van der Waals surface area (Å²) < 4.78 is 0. The number of nitrogens with zero attached hydrogens (tertiary/aromatic N) is 3. The van der Waals surface area contributed by atoms with Gasteiger partial charge in [-0.3, -0.25) is 0 Å². The molecule has 5 heteroatoms. The zero-order chi connectivity index (χ0) is 13.5. The zero-order valence-corrected chi connectivity index (χ0v) is 12.1. The van der Waals surface area contributed by atoms with Gasteiger partial charge in [0.25, 0.3) is 0 Å². The number of hydrogen-bond acceptors (Lipinski definition) is 5. The molecule has 1 rings (SSSR count). The van der Waals surface area contributed by atoms with Crippen molar-refractivity contribution in [1.82, 2.24) is 14.9 Å². The van der Waals surface area contributed by atoms with Crippen molar-refractivity contribution < 1.29 is 0 Å². The van der Waals surface area contributed by atoms with E-state index in [0.29, 0.717) is 6.04 Å². The number of rotatable bonds is 7. The number of likely N-dealkylation sites (N-methyl/N-ethyl adjacent to an activating group) is 1. The molecule has 1 aromatic heterocycles. The first kappa shape index (κ1) is 14.7. The predicted molar refractivity (Wildman–Crippen MR) is 77.2 cm³/mol. The summed E-state index contributed by atoms with van der Waals surface area (Å²) in [5, 5.41) is 6.55. The van der Waals surface area contributed by atoms with Gasteiger partial charge in [-0.2, -0.15) is 0 Å². The van der Waals surface area contributed by atoms with Crippen molar-refractivity contribution in [2.75, 3.05) is 38.3 Å². The molecule has 0 bridgehead atoms. The van der Waals surface area contributed by atoms with Gasteiger partial charge in [-0.15, -0.1) is 0 Å². The molecule has 1 atom stereocenters. The average Bonchev–Trinajstić information content (AvgIpc) is 2.37. The lowest BCUT2D eigenvalue weighted by Crippen LogP contribution is -2.32. The van der Waals surface area contributed by atoms with Crippen molar-refractivity contribution >= 4 is 11.6 Å². The molecule has 0 aliphatic rings. The summed E-state index contributed by atoms with van der Waals surface area (Å²) in [4.78, 5) is 10.8. The molecule has 1 aromatic rings. The molecule has 2 N–H and O–H groups in total. The Kier molecular flexibility index (Phi) is 5.85. The van der Waals surface area contributed by atoms with E-state index in [1.54, 1.807) is 6.33 Å². The third kappa shape index (κ3) is 3.84. The highest BCUT2D eigenvalue weighted by atomic mass is 15.1. The predicted octanol–water partition coefficient (Wildman–Crippen LogP) is 1.83. The van der Waals surface area contributed by atoms with Crippen LogP contribution in [0.5, 0.6) is 0 Å². The minimum atomic E-state index is 0.465. The fourth-order valence-electron chi connectivity index (χ4n) is 1.69. The van der Waals surface area contributed by atoms with E-state index in [9.17, 15) is 0 Å². The van der Waals surface area contributed by atoms with Crippen molar-refractivity contribution in [2.45, 2.75) is 32.7 Å². The highest BCUT2D eigenvalue weighted by molar-refractivity contribution is 5.57. The first-order chi connectivity index (χ1) is 8.60. The quantitative estimate of drug-likeness (QED) is 0.774. The normalized spacial score (nSPS) is 12.6. The second-order valence-corrected chi connectivity index (χ2v) is 4.74. The third-order valence-electron chi connectivity index (χ3n) is 3.13. The van der Waals surface area contributed by atoms with E-state index in [1.807, 2.05) is 7.05 Å². The lowest BCUT2D eigenvalue weighted by molar-refractivity contribution is 0.326. The Hall–Kier alpha value is -1.36. The van der Waals surface area contributed by atoms with Crippen molar-refractivity contribution in [3.8, 4) is 0 Å². The molecule has 0 aliphatic heterocycles. The van der Waals surface area contributed by atoms with Crippen molar-refractivity contribution in [1.29, 1.82) is 0 Å². The van der Waals surface area contributed by atoms with Gasteiger partial charge in [0.1, 0.15) is 18.0 Å². The van der Waals surface area contributed by atoms with Crippen LogP contribution in [0.1, 0.15) is 25.8 Å². The second kappa shape index (κ2) is 7.16. The topological polar surface area (TPSA) is 53.1 Å². The van der Waals surface area contributed by atoms with E-state index < -0.39 is 0 Å². The molecule has 0 fully saturated rings. The van der Waals surface area contributed by atoms with E-state index in [-0.39, 0.29) is 0 Å². The Labute approximate surface area is 110 Å². The van der Waals surface area contributed by atoms with E-state index in [4.69, 9.17) is 0 Å². The van der Waals surface area contributed by atoms with Crippen molar-refractivity contribution in [2.24, 2.45) is 0 Å². The molecule has 0 aliphatic carbocycles. The number of nitrogens with one attached hydrogen (secondary N) is 2. The maximum atomic E-state index is 4.36. The van der Waals surface area contributed by atoms with Crippen LogP contribution in [-0.4, -0.2) is 48.6 Å². The van der Waals surface area contributed by atoms with Gasteiger partial charge < -0.3 is 15.5 Å².